The molecule has 1 N–H and O–H groups in total. The molecule has 0 radical (unpaired) electrons. The number of hydrogen-bond donors (Lipinski definition) is 1. The van der Waals surface area contributed by atoms with Crippen LogP contribution in [-0.4, -0.2) is 13.1 Å². The van der Waals surface area contributed by atoms with Crippen molar-refractivity contribution in [3.8, 4) is 0 Å². The third kappa shape index (κ3) is 4.65. The Morgan fingerprint density at radius 3 is 2.57 bits per heavy atom. The van der Waals surface area contributed by atoms with Gasteiger partial charge in [0.25, 0.3) is 0 Å². The van der Waals surface area contributed by atoms with E-state index in [0.717, 1.165) is 22.9 Å². The van der Waals surface area contributed by atoms with Gasteiger partial charge in [0.2, 0.25) is 0 Å². The number of benzene rings is 2. The second kappa shape index (κ2) is 7.71. The molecule has 0 aromatic heterocycles. The molecule has 2 aromatic rings. The van der Waals surface area contributed by atoms with E-state index in [1.54, 1.807) is 0 Å². The van der Waals surface area contributed by atoms with Gasteiger partial charge in [0.1, 0.15) is 5.82 Å². The number of rotatable bonds is 6. The molecule has 0 spiro atoms. The summed E-state index contributed by atoms with van der Waals surface area (Å²) >= 11 is 3.29. The zero-order chi connectivity index (χ0) is 15.2. The van der Waals surface area contributed by atoms with Crippen molar-refractivity contribution in [3.05, 3.63) is 69.4 Å². The standard InChI is InChI=1S/C18H21BrFN/c1-13-5-3-4-6-14(13)8-10-17(21-2)11-15-7-9-16(19)12-18(15)20/h3-7,9,12,17,21H,8,10-11H2,1-2H3. The van der Waals surface area contributed by atoms with Crippen molar-refractivity contribution < 1.29 is 4.39 Å². The highest BCUT2D eigenvalue weighted by molar-refractivity contribution is 9.10. The lowest BCUT2D eigenvalue weighted by molar-refractivity contribution is 0.504. The van der Waals surface area contributed by atoms with Crippen molar-refractivity contribution in [2.75, 3.05) is 7.05 Å². The van der Waals surface area contributed by atoms with Crippen molar-refractivity contribution >= 4 is 15.9 Å². The topological polar surface area (TPSA) is 12.0 Å². The van der Waals surface area contributed by atoms with Gasteiger partial charge < -0.3 is 5.32 Å². The molecule has 1 nitrogen and oxygen atoms in total. The van der Waals surface area contributed by atoms with Crippen molar-refractivity contribution in [1.82, 2.24) is 5.32 Å². The molecule has 0 fully saturated rings. The zero-order valence-electron chi connectivity index (χ0n) is 12.5. The molecular weight excluding hydrogens is 329 g/mol. The minimum absolute atomic E-state index is 0.138. The van der Waals surface area contributed by atoms with Crippen LogP contribution in [0, 0.1) is 12.7 Å². The maximum absolute atomic E-state index is 13.9. The highest BCUT2D eigenvalue weighted by atomic mass is 79.9. The van der Waals surface area contributed by atoms with Gasteiger partial charge >= 0.3 is 0 Å². The first kappa shape index (κ1) is 16.2. The Bertz CT molecular complexity index is 598. The average molecular weight is 350 g/mol. The first-order chi connectivity index (χ1) is 10.1. The molecule has 21 heavy (non-hydrogen) atoms. The van der Waals surface area contributed by atoms with Gasteiger partial charge in [-0.25, -0.2) is 4.39 Å². The predicted octanol–water partition coefficient (Wildman–Crippen LogP) is 4.66. The molecule has 3 heteroatoms. The van der Waals surface area contributed by atoms with Gasteiger partial charge in [0.15, 0.2) is 0 Å². The average Bonchev–Trinajstić information content (AvgIpc) is 2.47. The normalized spacial score (nSPS) is 12.4. The summed E-state index contributed by atoms with van der Waals surface area (Å²) in [5.74, 6) is -0.138. The van der Waals surface area contributed by atoms with Gasteiger partial charge in [-0.05, 0) is 62.1 Å². The maximum atomic E-state index is 13.9. The lowest BCUT2D eigenvalue weighted by Crippen LogP contribution is -2.28. The molecule has 1 atom stereocenters. The molecule has 2 aromatic carbocycles. The molecule has 0 saturated carbocycles. The monoisotopic (exact) mass is 349 g/mol. The van der Waals surface area contributed by atoms with Crippen LogP contribution in [0.15, 0.2) is 46.9 Å². The summed E-state index contributed by atoms with van der Waals surface area (Å²) in [6, 6.07) is 14.0. The van der Waals surface area contributed by atoms with Crippen LogP contribution < -0.4 is 5.32 Å². The van der Waals surface area contributed by atoms with Crippen LogP contribution in [-0.2, 0) is 12.8 Å². The van der Waals surface area contributed by atoms with Crippen LogP contribution in [0.3, 0.4) is 0 Å². The third-order valence-corrected chi connectivity index (χ3v) is 4.41. The molecule has 0 aliphatic rings. The van der Waals surface area contributed by atoms with E-state index < -0.39 is 0 Å². The van der Waals surface area contributed by atoms with E-state index >= 15 is 0 Å². The summed E-state index contributed by atoms with van der Waals surface area (Å²) < 4.78 is 14.7. The summed E-state index contributed by atoms with van der Waals surface area (Å²) in [7, 11) is 1.94. The van der Waals surface area contributed by atoms with E-state index in [0.29, 0.717) is 6.42 Å². The Balaban J connectivity index is 1.99. The summed E-state index contributed by atoms with van der Waals surface area (Å²) in [5, 5.41) is 3.30. The van der Waals surface area contributed by atoms with E-state index in [2.05, 4.69) is 52.4 Å². The summed E-state index contributed by atoms with van der Waals surface area (Å²) in [4.78, 5) is 0. The third-order valence-electron chi connectivity index (χ3n) is 3.91. The van der Waals surface area contributed by atoms with Gasteiger partial charge in [0.05, 0.1) is 0 Å². The summed E-state index contributed by atoms with van der Waals surface area (Å²) in [5.41, 5.74) is 3.46. The van der Waals surface area contributed by atoms with Gasteiger partial charge in [-0.15, -0.1) is 0 Å². The Kier molecular flexibility index (Phi) is 5.95. The van der Waals surface area contributed by atoms with Crippen molar-refractivity contribution in [2.45, 2.75) is 32.2 Å². The quantitative estimate of drug-likeness (QED) is 0.799. The number of aryl methyl sites for hydroxylation is 2. The zero-order valence-corrected chi connectivity index (χ0v) is 14.1. The second-order valence-electron chi connectivity index (χ2n) is 5.39. The molecule has 0 heterocycles. The Labute approximate surface area is 134 Å². The van der Waals surface area contributed by atoms with Crippen LogP contribution in [0.2, 0.25) is 0 Å². The van der Waals surface area contributed by atoms with Crippen LogP contribution >= 0.6 is 15.9 Å². The molecule has 0 saturated heterocycles. The fraction of sp³-hybridized carbons (Fsp3) is 0.333. The first-order valence-electron chi connectivity index (χ1n) is 7.26. The molecular formula is C18H21BrFN. The number of hydrogen-bond acceptors (Lipinski definition) is 1. The lowest BCUT2D eigenvalue weighted by Gasteiger charge is -2.17. The molecule has 0 aliphatic heterocycles. The molecule has 0 amide bonds. The van der Waals surface area contributed by atoms with Gasteiger partial charge in [-0.3, -0.25) is 0 Å². The molecule has 0 aliphatic carbocycles. The number of likely N-dealkylation sites (N-methyl/N-ethyl adjacent to an activating group) is 1. The minimum atomic E-state index is -0.138. The number of halogens is 2. The molecule has 0 bridgehead atoms. The van der Waals surface area contributed by atoms with E-state index in [4.69, 9.17) is 0 Å². The van der Waals surface area contributed by atoms with Gasteiger partial charge in [-0.1, -0.05) is 46.3 Å². The maximum Gasteiger partial charge on any atom is 0.127 e. The van der Waals surface area contributed by atoms with E-state index in [1.807, 2.05) is 19.2 Å². The predicted molar refractivity (Wildman–Crippen MR) is 90.2 cm³/mol. The summed E-state index contributed by atoms with van der Waals surface area (Å²) in [6.07, 6.45) is 2.72. The first-order valence-corrected chi connectivity index (χ1v) is 8.05. The van der Waals surface area contributed by atoms with E-state index in [1.165, 1.54) is 17.2 Å². The smallest absolute Gasteiger partial charge is 0.127 e. The molecule has 112 valence electrons. The van der Waals surface area contributed by atoms with Crippen LogP contribution in [0.5, 0.6) is 0 Å². The van der Waals surface area contributed by atoms with Crippen molar-refractivity contribution in [3.63, 3.8) is 0 Å². The highest BCUT2D eigenvalue weighted by Gasteiger charge is 2.11. The molecule has 1 unspecified atom stereocenters. The molecule has 2 rings (SSSR count). The van der Waals surface area contributed by atoms with Crippen LogP contribution in [0.1, 0.15) is 23.1 Å². The minimum Gasteiger partial charge on any atom is -0.317 e. The van der Waals surface area contributed by atoms with Gasteiger partial charge in [0, 0.05) is 10.5 Å². The lowest BCUT2D eigenvalue weighted by atomic mass is 9.97. The van der Waals surface area contributed by atoms with Gasteiger partial charge in [-0.2, -0.15) is 0 Å². The SMILES string of the molecule is CNC(CCc1ccccc1C)Cc1ccc(Br)cc1F. The van der Waals surface area contributed by atoms with E-state index in [9.17, 15) is 4.39 Å². The number of nitrogens with one attached hydrogen (secondary N) is 1. The Morgan fingerprint density at radius 1 is 1.14 bits per heavy atom. The van der Waals surface area contributed by atoms with Crippen molar-refractivity contribution in [2.24, 2.45) is 0 Å². The second-order valence-corrected chi connectivity index (χ2v) is 6.31. The van der Waals surface area contributed by atoms with Crippen LogP contribution in [0.25, 0.3) is 0 Å². The fourth-order valence-electron chi connectivity index (χ4n) is 2.52. The highest BCUT2D eigenvalue weighted by Crippen LogP contribution is 2.18. The van der Waals surface area contributed by atoms with Crippen molar-refractivity contribution in [1.29, 1.82) is 0 Å². The fourth-order valence-corrected chi connectivity index (χ4v) is 2.85. The van der Waals surface area contributed by atoms with E-state index in [-0.39, 0.29) is 11.9 Å². The Hall–Kier alpha value is -1.19. The summed E-state index contributed by atoms with van der Waals surface area (Å²) in [6.45, 7) is 2.14. The largest absolute Gasteiger partial charge is 0.317 e. The Morgan fingerprint density at radius 2 is 1.90 bits per heavy atom. The van der Waals surface area contributed by atoms with Crippen LogP contribution in [0.4, 0.5) is 4.39 Å².